The SMILES string of the molecule is C=CC1CCC1(NC(=O)C1CCCN1C(=O)C(NC(=O)OC1CCCC1CCCCCc1c(OCCCN2CCCCC2)c2ccccc2[nH]c1=O)C(C)(C)C)C(=O)NS(=O)(=O)C1(COC)CC1. The minimum Gasteiger partial charge on any atom is -0.492 e. The number of likely N-dealkylation sites (tertiary alicyclic amines) is 2. The Morgan fingerprint density at radius 3 is 2.40 bits per heavy atom. The highest BCUT2D eigenvalue weighted by Crippen LogP contribution is 2.45. The Labute approximate surface area is 402 Å². The molecule has 0 radical (unpaired) electrons. The third-order valence-electron chi connectivity index (χ3n) is 15.4. The molecule has 0 bridgehead atoms. The number of para-hydroxylation sites is 1. The maximum atomic E-state index is 14.4. The van der Waals surface area contributed by atoms with Gasteiger partial charge in [-0.05, 0) is 133 Å². The summed E-state index contributed by atoms with van der Waals surface area (Å²) in [6.45, 7) is 13.4. The van der Waals surface area contributed by atoms with E-state index in [2.05, 4.69) is 31.8 Å². The molecule has 4 N–H and O–H groups in total. The zero-order valence-electron chi connectivity index (χ0n) is 40.8. The Bertz CT molecular complexity index is 2300. The van der Waals surface area contributed by atoms with Crippen molar-refractivity contribution < 1.29 is 41.8 Å². The highest BCUT2D eigenvalue weighted by atomic mass is 32.2. The molecular weight excluding hydrogens is 889 g/mol. The summed E-state index contributed by atoms with van der Waals surface area (Å²) in [5, 5.41) is 6.66. The van der Waals surface area contributed by atoms with Crippen LogP contribution in [0.1, 0.15) is 135 Å². The fourth-order valence-corrected chi connectivity index (χ4v) is 12.6. The molecule has 68 heavy (non-hydrogen) atoms. The Morgan fingerprint density at radius 2 is 1.71 bits per heavy atom. The number of hydrogen-bond acceptors (Lipinski definition) is 11. The van der Waals surface area contributed by atoms with Crippen LogP contribution in [0.5, 0.6) is 5.75 Å². The van der Waals surface area contributed by atoms with Crippen molar-refractivity contribution in [3.63, 3.8) is 0 Å². The summed E-state index contributed by atoms with van der Waals surface area (Å²) in [7, 11) is -2.69. The number of unbranched alkanes of at least 4 members (excludes halogenated alkanes) is 2. The van der Waals surface area contributed by atoms with Crippen molar-refractivity contribution in [1.82, 2.24) is 30.1 Å². The smallest absolute Gasteiger partial charge is 0.408 e. The maximum Gasteiger partial charge on any atom is 0.408 e. The molecule has 2 aliphatic heterocycles. The van der Waals surface area contributed by atoms with E-state index >= 15 is 0 Å². The molecule has 2 aromatic rings. The molecule has 0 spiro atoms. The van der Waals surface area contributed by atoms with E-state index in [1.54, 1.807) is 6.08 Å². The van der Waals surface area contributed by atoms with Gasteiger partial charge in [0.05, 0.1) is 24.3 Å². The van der Waals surface area contributed by atoms with Crippen molar-refractivity contribution in [3.05, 3.63) is 52.8 Å². The lowest BCUT2D eigenvalue weighted by Crippen LogP contribution is -2.70. The molecule has 5 aliphatic rings. The van der Waals surface area contributed by atoms with Crippen LogP contribution in [0.15, 0.2) is 41.7 Å². The third kappa shape index (κ3) is 11.6. The molecule has 3 saturated carbocycles. The number of carbonyl (C=O) groups is 4. The predicted octanol–water partition coefficient (Wildman–Crippen LogP) is 6.26. The first-order chi connectivity index (χ1) is 32.5. The van der Waals surface area contributed by atoms with Crippen LogP contribution in [0.3, 0.4) is 0 Å². The number of aromatic amines is 1. The number of ether oxygens (including phenoxy) is 3. The molecule has 376 valence electrons. The predicted molar refractivity (Wildman–Crippen MR) is 261 cm³/mol. The maximum absolute atomic E-state index is 14.4. The van der Waals surface area contributed by atoms with E-state index in [0.717, 1.165) is 81.9 Å². The molecule has 1 aromatic carbocycles. The molecule has 2 saturated heterocycles. The molecule has 1 aromatic heterocycles. The molecule has 3 aliphatic carbocycles. The Balaban J connectivity index is 0.911. The fourth-order valence-electron chi connectivity index (χ4n) is 11.0. The number of aromatic nitrogens is 1. The van der Waals surface area contributed by atoms with Gasteiger partial charge in [-0.1, -0.05) is 58.2 Å². The average molecular weight is 965 g/mol. The Hall–Kier alpha value is -4.48. The number of methoxy groups -OCH3 is 1. The zero-order chi connectivity index (χ0) is 48.7. The standard InChI is InChI=1S/C51H76N6O10S/c1-6-36-25-26-51(36,47(61)55-68(63,64)50(27-28-50)34-65-5)54-45(59)40-23-16-32-57(40)46(60)43(49(2,3)4)53-48(62)67-41-24-15-19-35(41)18-9-7-10-21-38-42(37-20-11-12-22-39(37)52-44(38)58)66-33-17-31-56-29-13-8-14-30-56/h6,11-12,20,22,35-36,40-41,43H,1,7-10,13-19,21,23-34H2,2-5H3,(H,52,58)(H,53,62)(H,54,59)(H,55,61). The summed E-state index contributed by atoms with van der Waals surface area (Å²) in [5.74, 6) is -1.48. The van der Waals surface area contributed by atoms with Gasteiger partial charge in [0.15, 0.2) is 0 Å². The second-order valence-electron chi connectivity index (χ2n) is 21.2. The van der Waals surface area contributed by atoms with Gasteiger partial charge in [-0.2, -0.15) is 0 Å². The highest BCUT2D eigenvalue weighted by molar-refractivity contribution is 7.91. The normalized spacial score (nSPS) is 25.3. The summed E-state index contributed by atoms with van der Waals surface area (Å²) in [6, 6.07) is 5.85. The van der Waals surface area contributed by atoms with Crippen LogP contribution in [0.2, 0.25) is 0 Å². The number of H-pyrrole nitrogens is 1. The number of sulfonamides is 1. The monoisotopic (exact) mass is 965 g/mol. The van der Waals surface area contributed by atoms with E-state index in [4.69, 9.17) is 14.2 Å². The summed E-state index contributed by atoms with van der Waals surface area (Å²) in [4.78, 5) is 76.4. The van der Waals surface area contributed by atoms with E-state index in [1.165, 1.54) is 31.3 Å². The topological polar surface area (TPSA) is 206 Å². The van der Waals surface area contributed by atoms with Crippen molar-refractivity contribution in [3.8, 4) is 5.75 Å². The molecule has 17 heteroatoms. The number of rotatable bonds is 22. The van der Waals surface area contributed by atoms with Crippen LogP contribution in [0.4, 0.5) is 4.79 Å². The minimum atomic E-state index is -4.10. The van der Waals surface area contributed by atoms with Crippen molar-refractivity contribution >= 4 is 44.7 Å². The summed E-state index contributed by atoms with van der Waals surface area (Å²) in [5.41, 5.74) is -0.943. The highest BCUT2D eigenvalue weighted by Gasteiger charge is 2.59. The van der Waals surface area contributed by atoms with Crippen LogP contribution in [0.25, 0.3) is 10.9 Å². The van der Waals surface area contributed by atoms with Gasteiger partial charge in [0.2, 0.25) is 21.8 Å². The van der Waals surface area contributed by atoms with Gasteiger partial charge in [0, 0.05) is 31.5 Å². The zero-order valence-corrected chi connectivity index (χ0v) is 41.7. The van der Waals surface area contributed by atoms with Crippen molar-refractivity contribution in [2.75, 3.05) is 46.5 Å². The van der Waals surface area contributed by atoms with Crippen LogP contribution < -0.4 is 25.7 Å². The first-order valence-corrected chi connectivity index (χ1v) is 26.8. The number of hydrogen-bond donors (Lipinski definition) is 4. The lowest BCUT2D eigenvalue weighted by atomic mass is 9.66. The number of amides is 4. The number of fused-ring (bicyclic) bond motifs is 1. The van der Waals surface area contributed by atoms with E-state index in [1.807, 2.05) is 45.0 Å². The molecule has 6 unspecified atom stereocenters. The van der Waals surface area contributed by atoms with Crippen molar-refractivity contribution in [1.29, 1.82) is 0 Å². The van der Waals surface area contributed by atoms with E-state index in [0.29, 0.717) is 56.4 Å². The van der Waals surface area contributed by atoms with E-state index in [-0.39, 0.29) is 37.2 Å². The molecule has 16 nitrogen and oxygen atoms in total. The summed E-state index contributed by atoms with van der Waals surface area (Å²) < 4.78 is 45.3. The molecule has 7 rings (SSSR count). The number of alkyl carbamates (subject to hydrolysis) is 1. The number of benzene rings is 1. The quantitative estimate of drug-likeness (QED) is 0.0766. The lowest BCUT2D eigenvalue weighted by molar-refractivity contribution is -0.145. The van der Waals surface area contributed by atoms with Gasteiger partial charge >= 0.3 is 6.09 Å². The number of carbonyl (C=O) groups excluding carboxylic acids is 4. The average Bonchev–Trinajstić information content (AvgIpc) is 3.70. The first kappa shape index (κ1) is 51.4. The van der Waals surface area contributed by atoms with Crippen LogP contribution in [-0.4, -0.2) is 122 Å². The van der Waals surface area contributed by atoms with Gasteiger partial charge in [0.1, 0.15) is 34.2 Å². The largest absolute Gasteiger partial charge is 0.492 e. The van der Waals surface area contributed by atoms with Crippen LogP contribution in [0, 0.1) is 17.3 Å². The van der Waals surface area contributed by atoms with Gasteiger partial charge in [-0.3, -0.25) is 23.9 Å². The third-order valence-corrected chi connectivity index (χ3v) is 17.5. The Kier molecular flexibility index (Phi) is 16.7. The van der Waals surface area contributed by atoms with Crippen molar-refractivity contribution in [2.45, 2.75) is 165 Å². The second kappa shape index (κ2) is 22.1. The van der Waals surface area contributed by atoms with E-state index in [9.17, 15) is 32.4 Å². The second-order valence-corrected chi connectivity index (χ2v) is 23.2. The minimum absolute atomic E-state index is 0.0493. The number of pyridine rings is 1. The molecule has 4 amide bonds. The van der Waals surface area contributed by atoms with E-state index < -0.39 is 67.5 Å². The van der Waals surface area contributed by atoms with Gasteiger partial charge in [-0.25, -0.2) is 13.2 Å². The molecular formula is C51H76N6O10S. The number of piperidine rings is 1. The molecule has 5 fully saturated rings. The summed E-state index contributed by atoms with van der Waals surface area (Å²) in [6.07, 6.45) is 14.2. The number of nitrogens with zero attached hydrogens (tertiary/aromatic N) is 2. The van der Waals surface area contributed by atoms with Gasteiger partial charge in [-0.15, -0.1) is 6.58 Å². The molecule has 6 atom stereocenters. The van der Waals surface area contributed by atoms with Gasteiger partial charge in [0.25, 0.3) is 11.5 Å². The van der Waals surface area contributed by atoms with Crippen LogP contribution in [-0.2, 0) is 40.3 Å². The fraction of sp³-hybridized carbons (Fsp3) is 0.706. The van der Waals surface area contributed by atoms with Crippen LogP contribution >= 0.6 is 0 Å². The first-order valence-electron chi connectivity index (χ1n) is 25.3. The van der Waals surface area contributed by atoms with Gasteiger partial charge < -0.3 is 39.6 Å². The Morgan fingerprint density at radius 1 is 0.941 bits per heavy atom. The molecule has 3 heterocycles. The van der Waals surface area contributed by atoms with Crippen molar-refractivity contribution in [2.24, 2.45) is 17.3 Å². The number of nitrogens with one attached hydrogen (secondary N) is 4. The lowest BCUT2D eigenvalue weighted by Gasteiger charge is -2.47. The summed E-state index contributed by atoms with van der Waals surface area (Å²) >= 11 is 0.